The highest BCUT2D eigenvalue weighted by atomic mass is 16.5. The number of methoxy groups -OCH3 is 1. The molecule has 0 N–H and O–H groups in total. The molecule has 3 aromatic rings. The largest absolute Gasteiger partial charge is 0.468 e. The van der Waals surface area contributed by atoms with Crippen LogP contribution in [0.4, 0.5) is 10.5 Å². The van der Waals surface area contributed by atoms with Crippen LogP contribution >= 0.6 is 0 Å². The van der Waals surface area contributed by atoms with Crippen molar-refractivity contribution < 1.29 is 19.1 Å². The summed E-state index contributed by atoms with van der Waals surface area (Å²) in [5.74, 6) is -1.07. The molecule has 3 aromatic carbocycles. The summed E-state index contributed by atoms with van der Waals surface area (Å²) in [7, 11) is 1.25. The van der Waals surface area contributed by atoms with Gasteiger partial charge in [0.05, 0.1) is 7.11 Å². The summed E-state index contributed by atoms with van der Waals surface area (Å²) in [6, 6.07) is 28.7. The van der Waals surface area contributed by atoms with E-state index in [0.29, 0.717) is 24.1 Å². The maximum atomic E-state index is 14.2. The SMILES string of the molecule is COC(=O)CN1C(=O)N(CCCN2CCN(c3ccccc3)CC2)C(c2ccccc2)(c2ccccc2)C1=O. The summed E-state index contributed by atoms with van der Waals surface area (Å²) >= 11 is 0. The Morgan fingerprint density at radius 1 is 0.769 bits per heavy atom. The van der Waals surface area contributed by atoms with Gasteiger partial charge in [-0.25, -0.2) is 4.79 Å². The molecule has 8 nitrogen and oxygen atoms in total. The first kappa shape index (κ1) is 26.4. The summed E-state index contributed by atoms with van der Waals surface area (Å²) in [5.41, 5.74) is 1.26. The first-order valence-corrected chi connectivity index (χ1v) is 13.4. The molecule has 2 aliphatic heterocycles. The lowest BCUT2D eigenvalue weighted by molar-refractivity contribution is -0.145. The minimum Gasteiger partial charge on any atom is -0.468 e. The van der Waals surface area contributed by atoms with Gasteiger partial charge < -0.3 is 14.5 Å². The summed E-state index contributed by atoms with van der Waals surface area (Å²) in [6.07, 6.45) is 0.692. The smallest absolute Gasteiger partial charge is 0.328 e. The highest BCUT2D eigenvalue weighted by molar-refractivity contribution is 6.11. The predicted octanol–water partition coefficient (Wildman–Crippen LogP) is 3.58. The number of amides is 3. The standard InChI is InChI=1S/C31H34N4O4/c1-39-28(36)24-34-29(37)31(25-12-5-2-6-13-25,26-14-7-3-8-15-26)35(30(34)38)19-11-18-32-20-22-33(23-21-32)27-16-9-4-10-17-27/h2-10,12-17H,11,18-24H2,1H3. The zero-order valence-electron chi connectivity index (χ0n) is 22.2. The third-order valence-electron chi connectivity index (χ3n) is 7.67. The fraction of sp³-hybridized carbons (Fsp3) is 0.323. The molecule has 2 heterocycles. The van der Waals surface area contributed by atoms with Crippen LogP contribution < -0.4 is 4.90 Å². The normalized spacial score (nSPS) is 17.5. The lowest BCUT2D eigenvalue weighted by Gasteiger charge is -2.38. The number of para-hydroxylation sites is 1. The van der Waals surface area contributed by atoms with E-state index in [0.717, 1.165) is 37.6 Å². The van der Waals surface area contributed by atoms with Gasteiger partial charge in [-0.1, -0.05) is 78.9 Å². The fourth-order valence-electron chi connectivity index (χ4n) is 5.69. The maximum Gasteiger partial charge on any atom is 0.328 e. The molecule has 2 fully saturated rings. The van der Waals surface area contributed by atoms with Gasteiger partial charge in [0.25, 0.3) is 5.91 Å². The number of urea groups is 1. The molecule has 0 saturated carbocycles. The van der Waals surface area contributed by atoms with Crippen LogP contribution in [-0.2, 0) is 19.9 Å². The lowest BCUT2D eigenvalue weighted by atomic mass is 9.81. The van der Waals surface area contributed by atoms with Crippen molar-refractivity contribution >= 4 is 23.6 Å². The van der Waals surface area contributed by atoms with Crippen LogP contribution in [0.25, 0.3) is 0 Å². The molecule has 0 radical (unpaired) electrons. The number of carbonyl (C=O) groups is 3. The molecule has 5 rings (SSSR count). The average molecular weight is 527 g/mol. The van der Waals surface area contributed by atoms with Crippen LogP contribution in [0.1, 0.15) is 17.5 Å². The molecule has 8 heteroatoms. The van der Waals surface area contributed by atoms with Crippen molar-refractivity contribution in [3.63, 3.8) is 0 Å². The number of hydrogen-bond donors (Lipinski definition) is 0. The zero-order valence-corrected chi connectivity index (χ0v) is 22.2. The van der Waals surface area contributed by atoms with Crippen LogP contribution in [0, 0.1) is 0 Å². The number of rotatable bonds is 9. The topological polar surface area (TPSA) is 73.4 Å². The number of esters is 1. The van der Waals surface area contributed by atoms with E-state index in [1.165, 1.54) is 12.8 Å². The molecule has 0 bridgehead atoms. The van der Waals surface area contributed by atoms with E-state index in [1.807, 2.05) is 66.7 Å². The molecular weight excluding hydrogens is 492 g/mol. The van der Waals surface area contributed by atoms with Crippen LogP contribution in [0.2, 0.25) is 0 Å². The fourth-order valence-corrected chi connectivity index (χ4v) is 5.69. The van der Waals surface area contributed by atoms with Gasteiger partial charge in [0.15, 0.2) is 5.54 Å². The second-order valence-electron chi connectivity index (χ2n) is 9.86. The van der Waals surface area contributed by atoms with Crippen molar-refractivity contribution in [1.29, 1.82) is 0 Å². The Labute approximate surface area is 229 Å². The van der Waals surface area contributed by atoms with Crippen molar-refractivity contribution in [1.82, 2.24) is 14.7 Å². The van der Waals surface area contributed by atoms with Gasteiger partial charge in [-0.2, -0.15) is 0 Å². The second-order valence-corrected chi connectivity index (χ2v) is 9.86. The summed E-state index contributed by atoms with van der Waals surface area (Å²) < 4.78 is 4.81. The van der Waals surface area contributed by atoms with E-state index >= 15 is 0 Å². The van der Waals surface area contributed by atoms with E-state index in [4.69, 9.17) is 4.74 Å². The third kappa shape index (κ3) is 5.12. The van der Waals surface area contributed by atoms with Gasteiger partial charge in [0, 0.05) is 38.4 Å². The molecule has 0 spiro atoms. The predicted molar refractivity (Wildman–Crippen MR) is 149 cm³/mol. The molecular formula is C31H34N4O4. The van der Waals surface area contributed by atoms with Crippen LogP contribution in [-0.4, -0.2) is 85.5 Å². The molecule has 0 aromatic heterocycles. The number of imide groups is 1. The zero-order chi connectivity index (χ0) is 27.2. The molecule has 3 amide bonds. The third-order valence-corrected chi connectivity index (χ3v) is 7.67. The van der Waals surface area contributed by atoms with Crippen LogP contribution in [0.15, 0.2) is 91.0 Å². The van der Waals surface area contributed by atoms with Crippen LogP contribution in [0.5, 0.6) is 0 Å². The van der Waals surface area contributed by atoms with E-state index < -0.39 is 30.0 Å². The average Bonchev–Trinajstić information content (AvgIpc) is 3.20. The van der Waals surface area contributed by atoms with Gasteiger partial charge in [0.2, 0.25) is 0 Å². The molecule has 0 aliphatic carbocycles. The molecule has 2 saturated heterocycles. The highest BCUT2D eigenvalue weighted by Gasteiger charge is 2.59. The quantitative estimate of drug-likeness (QED) is 0.314. The number of anilines is 1. The Hall–Kier alpha value is -4.17. The van der Waals surface area contributed by atoms with E-state index in [-0.39, 0.29) is 0 Å². The Balaban J connectivity index is 1.38. The minimum atomic E-state index is -1.36. The van der Waals surface area contributed by atoms with Crippen molar-refractivity contribution in [3.05, 3.63) is 102 Å². The van der Waals surface area contributed by atoms with Crippen molar-refractivity contribution in [2.24, 2.45) is 0 Å². The number of carbonyl (C=O) groups excluding carboxylic acids is 3. The molecule has 39 heavy (non-hydrogen) atoms. The van der Waals surface area contributed by atoms with Gasteiger partial charge >= 0.3 is 12.0 Å². The Morgan fingerprint density at radius 3 is 1.85 bits per heavy atom. The maximum absolute atomic E-state index is 14.2. The van der Waals surface area contributed by atoms with E-state index in [1.54, 1.807) is 4.90 Å². The van der Waals surface area contributed by atoms with Crippen molar-refractivity contribution in [2.45, 2.75) is 12.0 Å². The summed E-state index contributed by atoms with van der Waals surface area (Å²) in [4.78, 5) is 47.7. The highest BCUT2D eigenvalue weighted by Crippen LogP contribution is 2.43. The van der Waals surface area contributed by atoms with Crippen molar-refractivity contribution in [3.8, 4) is 0 Å². The number of hydrogen-bond acceptors (Lipinski definition) is 6. The minimum absolute atomic E-state index is 0.366. The molecule has 0 atom stereocenters. The first-order valence-electron chi connectivity index (χ1n) is 13.4. The second kappa shape index (κ2) is 11.7. The van der Waals surface area contributed by atoms with Gasteiger partial charge in [-0.05, 0) is 36.2 Å². The monoisotopic (exact) mass is 526 g/mol. The Morgan fingerprint density at radius 2 is 1.31 bits per heavy atom. The van der Waals surface area contributed by atoms with Gasteiger partial charge in [-0.15, -0.1) is 0 Å². The summed E-state index contributed by atoms with van der Waals surface area (Å²) in [5, 5.41) is 0. The van der Waals surface area contributed by atoms with Crippen LogP contribution in [0.3, 0.4) is 0 Å². The van der Waals surface area contributed by atoms with E-state index in [2.05, 4.69) is 34.1 Å². The van der Waals surface area contributed by atoms with Crippen molar-refractivity contribution in [2.75, 3.05) is 57.8 Å². The Kier molecular flexibility index (Phi) is 7.93. The summed E-state index contributed by atoms with van der Waals surface area (Å²) in [6.45, 7) is 4.49. The molecule has 2 aliphatic rings. The first-order chi connectivity index (χ1) is 19.1. The van der Waals surface area contributed by atoms with Gasteiger partial charge in [0.1, 0.15) is 6.54 Å². The van der Waals surface area contributed by atoms with Gasteiger partial charge in [-0.3, -0.25) is 19.4 Å². The number of piperazine rings is 1. The molecule has 202 valence electrons. The number of benzene rings is 3. The number of nitrogens with zero attached hydrogens (tertiary/aromatic N) is 4. The lowest BCUT2D eigenvalue weighted by Crippen LogP contribution is -2.50. The van der Waals surface area contributed by atoms with E-state index in [9.17, 15) is 14.4 Å². The number of ether oxygens (including phenoxy) is 1. The molecule has 0 unspecified atom stereocenters. The Bertz CT molecular complexity index is 1240.